The molecule has 0 aromatic carbocycles. The standard InChI is InChI=1S/C8H14N2S/c1-3-8(2)9-4-6-10(11)7-5-9/h1,8,11H,4-7H2,2H3. The van der Waals surface area contributed by atoms with Crippen LogP contribution >= 0.6 is 12.8 Å². The third-order valence-corrected chi connectivity index (χ3v) is 2.48. The minimum Gasteiger partial charge on any atom is -0.287 e. The Morgan fingerprint density at radius 2 is 1.91 bits per heavy atom. The lowest BCUT2D eigenvalue weighted by Crippen LogP contribution is -2.46. The average molecular weight is 170 g/mol. The van der Waals surface area contributed by atoms with E-state index in [1.54, 1.807) is 0 Å². The van der Waals surface area contributed by atoms with E-state index >= 15 is 0 Å². The molecule has 0 aliphatic carbocycles. The summed E-state index contributed by atoms with van der Waals surface area (Å²) in [5.74, 6) is 2.73. The zero-order chi connectivity index (χ0) is 8.27. The van der Waals surface area contributed by atoms with E-state index in [2.05, 4.69) is 30.6 Å². The predicted octanol–water partition coefficient (Wildman–Crippen LogP) is 0.471. The van der Waals surface area contributed by atoms with Crippen LogP contribution in [0.2, 0.25) is 0 Å². The molecule has 1 unspecified atom stereocenters. The van der Waals surface area contributed by atoms with Crippen molar-refractivity contribution in [2.24, 2.45) is 0 Å². The van der Waals surface area contributed by atoms with Gasteiger partial charge >= 0.3 is 0 Å². The number of hydrogen-bond donors (Lipinski definition) is 1. The molecular formula is C8H14N2S. The summed E-state index contributed by atoms with van der Waals surface area (Å²) in [4.78, 5) is 2.30. The van der Waals surface area contributed by atoms with Gasteiger partial charge < -0.3 is 0 Å². The van der Waals surface area contributed by atoms with E-state index in [9.17, 15) is 0 Å². The monoisotopic (exact) mass is 170 g/mol. The fourth-order valence-corrected chi connectivity index (χ4v) is 1.38. The molecule has 0 saturated carbocycles. The molecular weight excluding hydrogens is 156 g/mol. The fraction of sp³-hybridized carbons (Fsp3) is 0.750. The van der Waals surface area contributed by atoms with Gasteiger partial charge in [-0.25, -0.2) is 0 Å². The summed E-state index contributed by atoms with van der Waals surface area (Å²) in [5.41, 5.74) is 0. The van der Waals surface area contributed by atoms with Crippen molar-refractivity contribution in [3.05, 3.63) is 0 Å². The molecule has 0 aromatic heterocycles. The molecule has 0 amide bonds. The van der Waals surface area contributed by atoms with Crippen molar-refractivity contribution in [1.82, 2.24) is 9.21 Å². The third kappa shape index (κ3) is 2.41. The van der Waals surface area contributed by atoms with Gasteiger partial charge in [-0.3, -0.25) is 9.21 Å². The molecule has 1 fully saturated rings. The molecule has 1 atom stereocenters. The second-order valence-corrected chi connectivity index (χ2v) is 3.40. The van der Waals surface area contributed by atoms with Gasteiger partial charge in [0.25, 0.3) is 0 Å². The van der Waals surface area contributed by atoms with Crippen molar-refractivity contribution in [1.29, 1.82) is 0 Å². The molecule has 1 rings (SSSR count). The second-order valence-electron chi connectivity index (χ2n) is 2.83. The van der Waals surface area contributed by atoms with Gasteiger partial charge in [-0.1, -0.05) is 18.7 Å². The summed E-state index contributed by atoms with van der Waals surface area (Å²) in [6.07, 6.45) is 5.31. The first-order valence-corrected chi connectivity index (χ1v) is 4.28. The van der Waals surface area contributed by atoms with E-state index in [-0.39, 0.29) is 6.04 Å². The Labute approximate surface area is 74.1 Å². The highest BCUT2D eigenvalue weighted by Gasteiger charge is 2.17. The highest BCUT2D eigenvalue weighted by Crippen LogP contribution is 2.06. The van der Waals surface area contributed by atoms with E-state index in [1.165, 1.54) is 0 Å². The number of rotatable bonds is 1. The molecule has 11 heavy (non-hydrogen) atoms. The molecule has 0 aromatic rings. The molecule has 2 nitrogen and oxygen atoms in total. The van der Waals surface area contributed by atoms with E-state index in [4.69, 9.17) is 6.42 Å². The minimum absolute atomic E-state index is 0.275. The average Bonchev–Trinajstić information content (AvgIpc) is 2.05. The SMILES string of the molecule is C#CC(C)N1CCN(S)CC1. The van der Waals surface area contributed by atoms with Crippen LogP contribution in [0.1, 0.15) is 6.92 Å². The van der Waals surface area contributed by atoms with Crippen LogP contribution in [-0.2, 0) is 0 Å². The van der Waals surface area contributed by atoms with Crippen molar-refractivity contribution in [2.75, 3.05) is 26.2 Å². The van der Waals surface area contributed by atoms with Gasteiger partial charge in [0.15, 0.2) is 0 Å². The molecule has 1 aliphatic rings. The van der Waals surface area contributed by atoms with Crippen LogP contribution in [0.4, 0.5) is 0 Å². The molecule has 0 bridgehead atoms. The van der Waals surface area contributed by atoms with Crippen molar-refractivity contribution in [2.45, 2.75) is 13.0 Å². The van der Waals surface area contributed by atoms with Gasteiger partial charge in [-0.2, -0.15) is 0 Å². The van der Waals surface area contributed by atoms with Crippen LogP contribution in [0, 0.1) is 12.3 Å². The van der Waals surface area contributed by atoms with Gasteiger partial charge in [-0.15, -0.1) is 6.42 Å². The molecule has 1 aliphatic heterocycles. The first-order chi connectivity index (χ1) is 5.24. The van der Waals surface area contributed by atoms with Crippen molar-refractivity contribution in [3.63, 3.8) is 0 Å². The van der Waals surface area contributed by atoms with Crippen LogP contribution < -0.4 is 0 Å². The normalized spacial score (nSPS) is 24.5. The molecule has 0 N–H and O–H groups in total. The van der Waals surface area contributed by atoms with Gasteiger partial charge in [0, 0.05) is 26.2 Å². The largest absolute Gasteiger partial charge is 0.287 e. The van der Waals surface area contributed by atoms with E-state index < -0.39 is 0 Å². The number of hydrogen-bond acceptors (Lipinski definition) is 3. The van der Waals surface area contributed by atoms with E-state index in [0.717, 1.165) is 26.2 Å². The molecule has 62 valence electrons. The van der Waals surface area contributed by atoms with Crippen molar-refractivity contribution < 1.29 is 0 Å². The minimum atomic E-state index is 0.275. The number of terminal acetylenes is 1. The quantitative estimate of drug-likeness (QED) is 0.451. The van der Waals surface area contributed by atoms with Gasteiger partial charge in [0.2, 0.25) is 0 Å². The van der Waals surface area contributed by atoms with Crippen LogP contribution in [0.5, 0.6) is 0 Å². The Morgan fingerprint density at radius 3 is 2.36 bits per heavy atom. The zero-order valence-electron chi connectivity index (χ0n) is 6.82. The Kier molecular flexibility index (Phi) is 3.25. The maximum Gasteiger partial charge on any atom is 0.0684 e. The summed E-state index contributed by atoms with van der Waals surface area (Å²) < 4.78 is 2.03. The van der Waals surface area contributed by atoms with Crippen molar-refractivity contribution in [3.8, 4) is 12.3 Å². The summed E-state index contributed by atoms with van der Waals surface area (Å²) in [6, 6.07) is 0.275. The molecule has 0 spiro atoms. The Hall–Kier alpha value is -0.170. The lowest BCUT2D eigenvalue weighted by Gasteiger charge is -2.33. The van der Waals surface area contributed by atoms with E-state index in [0.29, 0.717) is 0 Å². The Morgan fingerprint density at radius 1 is 1.36 bits per heavy atom. The zero-order valence-corrected chi connectivity index (χ0v) is 7.72. The lowest BCUT2D eigenvalue weighted by molar-refractivity contribution is 0.179. The van der Waals surface area contributed by atoms with Gasteiger partial charge in [0.05, 0.1) is 6.04 Å². The first kappa shape index (κ1) is 8.92. The highest BCUT2D eigenvalue weighted by atomic mass is 32.1. The first-order valence-electron chi connectivity index (χ1n) is 3.88. The number of piperazine rings is 1. The molecule has 0 radical (unpaired) electrons. The summed E-state index contributed by atoms with van der Waals surface area (Å²) in [5, 5.41) is 0. The smallest absolute Gasteiger partial charge is 0.0684 e. The van der Waals surface area contributed by atoms with Gasteiger partial charge in [-0.05, 0) is 6.92 Å². The maximum atomic E-state index is 5.31. The van der Waals surface area contributed by atoms with Crippen LogP contribution in [0.15, 0.2) is 0 Å². The Bertz CT molecular complexity index is 156. The topological polar surface area (TPSA) is 6.48 Å². The number of thiol groups is 1. The summed E-state index contributed by atoms with van der Waals surface area (Å²) >= 11 is 4.25. The Balaban J connectivity index is 2.34. The maximum absolute atomic E-state index is 5.31. The second kappa shape index (κ2) is 4.01. The fourth-order valence-electron chi connectivity index (χ4n) is 1.20. The molecule has 1 heterocycles. The highest BCUT2D eigenvalue weighted by molar-refractivity contribution is 7.77. The van der Waals surface area contributed by atoms with Crippen molar-refractivity contribution >= 4 is 12.8 Å². The van der Waals surface area contributed by atoms with Crippen LogP contribution in [-0.4, -0.2) is 41.4 Å². The lowest BCUT2D eigenvalue weighted by atomic mass is 10.2. The van der Waals surface area contributed by atoms with E-state index in [1.807, 2.05) is 4.31 Å². The summed E-state index contributed by atoms with van der Waals surface area (Å²) in [6.45, 7) is 6.15. The predicted molar refractivity (Wildman–Crippen MR) is 50.4 cm³/mol. The van der Waals surface area contributed by atoms with Crippen LogP contribution in [0.3, 0.4) is 0 Å². The van der Waals surface area contributed by atoms with Crippen LogP contribution in [0.25, 0.3) is 0 Å². The summed E-state index contributed by atoms with van der Waals surface area (Å²) in [7, 11) is 0. The number of nitrogens with zero attached hydrogens (tertiary/aromatic N) is 2. The third-order valence-electron chi connectivity index (χ3n) is 2.08. The molecule has 3 heteroatoms. The van der Waals surface area contributed by atoms with Gasteiger partial charge in [0.1, 0.15) is 0 Å². The molecule has 1 saturated heterocycles.